The Hall–Kier alpha value is -1.13. The number of allylic oxidation sites excluding steroid dienone is 3. The third-order valence-corrected chi connectivity index (χ3v) is 3.59. The minimum atomic E-state index is -0.262. The highest BCUT2D eigenvalue weighted by atomic mass is 16.7. The van der Waals surface area contributed by atoms with E-state index in [1.54, 1.807) is 0 Å². The molecule has 0 amide bonds. The normalized spacial score (nSPS) is 22.3. The monoisotopic (exact) mass is 310 g/mol. The topological polar surface area (TPSA) is 44.8 Å². The molecule has 1 aliphatic heterocycles. The van der Waals surface area contributed by atoms with Crippen LogP contribution in [0.3, 0.4) is 0 Å². The van der Waals surface area contributed by atoms with Gasteiger partial charge in [-0.25, -0.2) is 0 Å². The fraction of sp³-hybridized carbons (Fsp3) is 0.722. The molecule has 0 spiro atoms. The van der Waals surface area contributed by atoms with E-state index in [0.29, 0.717) is 13.2 Å². The summed E-state index contributed by atoms with van der Waals surface area (Å²) in [5.74, 6) is -0.262. The number of carbonyl (C=O) groups excluding carboxylic acids is 1. The molecule has 1 heterocycles. The fourth-order valence-corrected chi connectivity index (χ4v) is 2.31. The standard InChI is InChI=1S/C18H30O4/c1-14(2)7-5-8-15(3)11-12-20-18-10-6-9-17(22-18)13-21-16(4)19/h7,11,17-18H,5-6,8-10,12-13H2,1-4H3/b15-11+/t17-,18+/m1/s1. The molecule has 126 valence electrons. The number of hydrogen-bond donors (Lipinski definition) is 0. The first-order valence-electron chi connectivity index (χ1n) is 8.16. The molecule has 1 fully saturated rings. The molecule has 0 aromatic heterocycles. The molecule has 1 saturated heterocycles. The van der Waals surface area contributed by atoms with Crippen LogP contribution in [0.15, 0.2) is 23.3 Å². The van der Waals surface area contributed by atoms with Gasteiger partial charge < -0.3 is 14.2 Å². The maximum absolute atomic E-state index is 10.8. The second kappa shape index (κ2) is 10.6. The summed E-state index contributed by atoms with van der Waals surface area (Å²) < 4.78 is 16.6. The van der Waals surface area contributed by atoms with Crippen molar-refractivity contribution in [3.8, 4) is 0 Å². The molecule has 0 saturated carbocycles. The predicted molar refractivity (Wildman–Crippen MR) is 87.5 cm³/mol. The second-order valence-corrected chi connectivity index (χ2v) is 6.13. The van der Waals surface area contributed by atoms with Crippen LogP contribution in [-0.2, 0) is 19.0 Å². The predicted octanol–water partition coefficient (Wildman–Crippen LogP) is 4.15. The van der Waals surface area contributed by atoms with Crippen molar-refractivity contribution in [2.45, 2.75) is 72.2 Å². The van der Waals surface area contributed by atoms with Crippen LogP contribution in [0, 0.1) is 0 Å². The number of hydrogen-bond acceptors (Lipinski definition) is 4. The van der Waals surface area contributed by atoms with Crippen LogP contribution in [-0.4, -0.2) is 31.6 Å². The van der Waals surface area contributed by atoms with Gasteiger partial charge in [-0.3, -0.25) is 4.79 Å². The van der Waals surface area contributed by atoms with Crippen molar-refractivity contribution in [3.05, 3.63) is 23.3 Å². The SMILES string of the molecule is CC(=O)OC[C@H]1CCC[C@@H](OC/C=C(\C)CCC=C(C)C)O1. The first kappa shape index (κ1) is 18.9. The zero-order valence-electron chi connectivity index (χ0n) is 14.4. The largest absolute Gasteiger partial charge is 0.463 e. The molecule has 0 aliphatic carbocycles. The Labute approximate surface area is 134 Å². The number of ether oxygens (including phenoxy) is 3. The highest BCUT2D eigenvalue weighted by Gasteiger charge is 2.23. The molecule has 0 bridgehead atoms. The van der Waals surface area contributed by atoms with Crippen molar-refractivity contribution in [1.82, 2.24) is 0 Å². The zero-order valence-corrected chi connectivity index (χ0v) is 14.4. The van der Waals surface area contributed by atoms with Crippen molar-refractivity contribution >= 4 is 5.97 Å². The minimum absolute atomic E-state index is 0.0367. The first-order chi connectivity index (χ1) is 10.5. The van der Waals surface area contributed by atoms with E-state index in [1.807, 2.05) is 0 Å². The lowest BCUT2D eigenvalue weighted by Gasteiger charge is -2.29. The van der Waals surface area contributed by atoms with Crippen LogP contribution in [0.2, 0.25) is 0 Å². The van der Waals surface area contributed by atoms with Gasteiger partial charge >= 0.3 is 5.97 Å². The molecule has 4 heteroatoms. The van der Waals surface area contributed by atoms with E-state index in [2.05, 4.69) is 32.9 Å². The van der Waals surface area contributed by atoms with Gasteiger partial charge in [-0.15, -0.1) is 0 Å². The molecule has 0 aromatic carbocycles. The molecular weight excluding hydrogens is 280 g/mol. The van der Waals surface area contributed by atoms with E-state index in [-0.39, 0.29) is 18.4 Å². The van der Waals surface area contributed by atoms with E-state index >= 15 is 0 Å². The summed E-state index contributed by atoms with van der Waals surface area (Å²) in [5, 5.41) is 0. The average molecular weight is 310 g/mol. The lowest BCUT2D eigenvalue weighted by Crippen LogP contribution is -2.33. The summed E-state index contributed by atoms with van der Waals surface area (Å²) in [6.45, 7) is 8.69. The van der Waals surface area contributed by atoms with Gasteiger partial charge in [0.25, 0.3) is 0 Å². The Morgan fingerprint density at radius 1 is 1.18 bits per heavy atom. The molecule has 0 aromatic rings. The Balaban J connectivity index is 2.23. The van der Waals surface area contributed by atoms with Gasteiger partial charge in [0.1, 0.15) is 6.61 Å². The molecule has 4 nitrogen and oxygen atoms in total. The van der Waals surface area contributed by atoms with Gasteiger partial charge in [0, 0.05) is 6.92 Å². The molecule has 2 atom stereocenters. The number of carbonyl (C=O) groups is 1. The summed E-state index contributed by atoms with van der Waals surface area (Å²) in [5.41, 5.74) is 2.70. The molecule has 0 unspecified atom stereocenters. The first-order valence-corrected chi connectivity index (χ1v) is 8.16. The lowest BCUT2D eigenvalue weighted by atomic mass is 10.1. The molecule has 1 rings (SSSR count). The van der Waals surface area contributed by atoms with Crippen LogP contribution in [0.4, 0.5) is 0 Å². The van der Waals surface area contributed by atoms with Crippen LogP contribution in [0.25, 0.3) is 0 Å². The Bertz CT molecular complexity index is 394. The zero-order chi connectivity index (χ0) is 16.4. The summed E-state index contributed by atoms with van der Waals surface area (Å²) >= 11 is 0. The van der Waals surface area contributed by atoms with E-state index in [1.165, 1.54) is 18.1 Å². The summed E-state index contributed by atoms with van der Waals surface area (Å²) in [4.78, 5) is 10.8. The summed E-state index contributed by atoms with van der Waals surface area (Å²) in [6, 6.07) is 0. The van der Waals surface area contributed by atoms with Gasteiger partial charge in [-0.1, -0.05) is 23.3 Å². The van der Waals surface area contributed by atoms with Gasteiger partial charge in [0.15, 0.2) is 6.29 Å². The highest BCUT2D eigenvalue weighted by molar-refractivity contribution is 5.65. The molecule has 22 heavy (non-hydrogen) atoms. The van der Waals surface area contributed by atoms with Gasteiger partial charge in [0.05, 0.1) is 12.7 Å². The third kappa shape index (κ3) is 9.00. The van der Waals surface area contributed by atoms with E-state index in [0.717, 1.165) is 32.1 Å². The Morgan fingerprint density at radius 2 is 1.95 bits per heavy atom. The van der Waals surface area contributed by atoms with Crippen molar-refractivity contribution in [3.63, 3.8) is 0 Å². The molecule has 1 aliphatic rings. The van der Waals surface area contributed by atoms with Crippen molar-refractivity contribution in [2.75, 3.05) is 13.2 Å². The summed E-state index contributed by atoms with van der Waals surface area (Å²) in [7, 11) is 0. The van der Waals surface area contributed by atoms with Gasteiger partial charge in [-0.2, -0.15) is 0 Å². The Kier molecular flexibility index (Phi) is 9.09. The van der Waals surface area contributed by atoms with Crippen molar-refractivity contribution in [2.24, 2.45) is 0 Å². The van der Waals surface area contributed by atoms with Gasteiger partial charge in [0.2, 0.25) is 0 Å². The van der Waals surface area contributed by atoms with E-state index in [4.69, 9.17) is 14.2 Å². The summed E-state index contributed by atoms with van der Waals surface area (Å²) in [6.07, 6.45) is 9.16. The quantitative estimate of drug-likeness (QED) is 0.499. The molecule has 0 radical (unpaired) electrons. The average Bonchev–Trinajstić information content (AvgIpc) is 2.45. The smallest absolute Gasteiger partial charge is 0.302 e. The van der Waals surface area contributed by atoms with E-state index < -0.39 is 0 Å². The maximum atomic E-state index is 10.8. The van der Waals surface area contributed by atoms with Crippen molar-refractivity contribution < 1.29 is 19.0 Å². The highest BCUT2D eigenvalue weighted by Crippen LogP contribution is 2.20. The number of rotatable bonds is 8. The number of esters is 1. The minimum Gasteiger partial charge on any atom is -0.463 e. The van der Waals surface area contributed by atoms with Crippen LogP contribution in [0.5, 0.6) is 0 Å². The van der Waals surface area contributed by atoms with Crippen LogP contribution in [0.1, 0.15) is 59.8 Å². The molecular formula is C18H30O4. The van der Waals surface area contributed by atoms with E-state index in [9.17, 15) is 4.79 Å². The third-order valence-electron chi connectivity index (χ3n) is 3.59. The fourth-order valence-electron chi connectivity index (χ4n) is 2.31. The van der Waals surface area contributed by atoms with Crippen LogP contribution < -0.4 is 0 Å². The van der Waals surface area contributed by atoms with Crippen LogP contribution >= 0.6 is 0 Å². The molecule has 0 N–H and O–H groups in total. The van der Waals surface area contributed by atoms with Gasteiger partial charge in [-0.05, 0) is 52.9 Å². The maximum Gasteiger partial charge on any atom is 0.302 e. The second-order valence-electron chi connectivity index (χ2n) is 6.13. The lowest BCUT2D eigenvalue weighted by molar-refractivity contribution is -0.201. The van der Waals surface area contributed by atoms with Crippen molar-refractivity contribution in [1.29, 1.82) is 0 Å². The Morgan fingerprint density at radius 3 is 2.64 bits per heavy atom.